The fourth-order valence-electron chi connectivity index (χ4n) is 2.92. The number of nitrogens with one attached hydrogen (secondary N) is 2. The second kappa shape index (κ2) is 4.73. The molecular weight excluding hydrogens is 224 g/mol. The predicted molar refractivity (Wildman–Crippen MR) is 71.4 cm³/mol. The standard InChI is InChI=1S/C15H20N2O/c1-10-4-2-3-5-12(10)13-8-14(13)15(18)17-11-6-7-16-9-11/h2-5,11,13-14,16H,6-9H2,1H3,(H,17,18). The van der Waals surface area contributed by atoms with Gasteiger partial charge >= 0.3 is 0 Å². The third-order valence-electron chi connectivity index (χ3n) is 4.12. The summed E-state index contributed by atoms with van der Waals surface area (Å²) in [6.45, 7) is 4.08. The Morgan fingerprint density at radius 1 is 1.39 bits per heavy atom. The van der Waals surface area contributed by atoms with Gasteiger partial charge in [0.2, 0.25) is 5.91 Å². The SMILES string of the molecule is Cc1ccccc1C1CC1C(=O)NC1CCNC1. The zero-order valence-corrected chi connectivity index (χ0v) is 10.8. The Morgan fingerprint density at radius 2 is 2.22 bits per heavy atom. The minimum absolute atomic E-state index is 0.201. The summed E-state index contributed by atoms with van der Waals surface area (Å²) in [4.78, 5) is 12.1. The molecule has 1 amide bonds. The number of aryl methyl sites for hydroxylation is 1. The van der Waals surface area contributed by atoms with Crippen molar-refractivity contribution in [2.45, 2.75) is 31.7 Å². The highest BCUT2D eigenvalue weighted by Crippen LogP contribution is 2.48. The molecule has 1 aromatic rings. The van der Waals surface area contributed by atoms with Crippen LogP contribution in [0.25, 0.3) is 0 Å². The molecule has 0 radical (unpaired) electrons. The average Bonchev–Trinajstić information content (AvgIpc) is 3.00. The smallest absolute Gasteiger partial charge is 0.224 e. The Hall–Kier alpha value is -1.35. The van der Waals surface area contributed by atoms with E-state index in [1.807, 2.05) is 0 Å². The van der Waals surface area contributed by atoms with E-state index in [0.717, 1.165) is 25.9 Å². The molecule has 1 heterocycles. The van der Waals surface area contributed by atoms with Gasteiger partial charge in [0, 0.05) is 18.5 Å². The van der Waals surface area contributed by atoms with E-state index in [0.29, 0.717) is 12.0 Å². The maximum Gasteiger partial charge on any atom is 0.224 e. The van der Waals surface area contributed by atoms with E-state index in [1.54, 1.807) is 0 Å². The summed E-state index contributed by atoms with van der Waals surface area (Å²) >= 11 is 0. The van der Waals surface area contributed by atoms with Crippen LogP contribution in [-0.4, -0.2) is 25.0 Å². The second-order valence-corrected chi connectivity index (χ2v) is 5.50. The third kappa shape index (κ3) is 2.27. The summed E-state index contributed by atoms with van der Waals surface area (Å²) in [6, 6.07) is 8.75. The molecule has 1 saturated heterocycles. The number of amides is 1. The molecule has 1 aromatic carbocycles. The van der Waals surface area contributed by atoms with Gasteiger partial charge in [0.15, 0.2) is 0 Å². The number of hydrogen-bond acceptors (Lipinski definition) is 2. The molecule has 3 heteroatoms. The van der Waals surface area contributed by atoms with E-state index in [2.05, 4.69) is 41.8 Å². The second-order valence-electron chi connectivity index (χ2n) is 5.50. The van der Waals surface area contributed by atoms with Crippen LogP contribution in [0.3, 0.4) is 0 Å². The van der Waals surface area contributed by atoms with Gasteiger partial charge in [0.25, 0.3) is 0 Å². The van der Waals surface area contributed by atoms with Crippen molar-refractivity contribution in [3.8, 4) is 0 Å². The quantitative estimate of drug-likeness (QED) is 0.847. The number of rotatable bonds is 3. The monoisotopic (exact) mass is 244 g/mol. The lowest BCUT2D eigenvalue weighted by Crippen LogP contribution is -2.37. The molecule has 3 nitrogen and oxygen atoms in total. The summed E-state index contributed by atoms with van der Waals surface area (Å²) in [5, 5.41) is 6.43. The van der Waals surface area contributed by atoms with Crippen molar-refractivity contribution in [3.05, 3.63) is 35.4 Å². The van der Waals surface area contributed by atoms with Gasteiger partial charge in [0.05, 0.1) is 0 Å². The molecule has 18 heavy (non-hydrogen) atoms. The molecule has 2 aliphatic rings. The topological polar surface area (TPSA) is 41.1 Å². The Labute approximate surface area is 108 Å². The van der Waals surface area contributed by atoms with Crippen molar-refractivity contribution in [3.63, 3.8) is 0 Å². The fourth-order valence-corrected chi connectivity index (χ4v) is 2.92. The lowest BCUT2D eigenvalue weighted by Gasteiger charge is -2.11. The van der Waals surface area contributed by atoms with Crippen LogP contribution in [0.1, 0.15) is 29.9 Å². The minimum Gasteiger partial charge on any atom is -0.352 e. The van der Waals surface area contributed by atoms with E-state index in [9.17, 15) is 4.79 Å². The maximum absolute atomic E-state index is 12.1. The zero-order chi connectivity index (χ0) is 12.5. The van der Waals surface area contributed by atoms with Crippen molar-refractivity contribution < 1.29 is 4.79 Å². The van der Waals surface area contributed by atoms with E-state index >= 15 is 0 Å². The zero-order valence-electron chi connectivity index (χ0n) is 10.8. The molecule has 1 aliphatic carbocycles. The molecule has 1 aliphatic heterocycles. The van der Waals surface area contributed by atoms with Crippen molar-refractivity contribution in [2.24, 2.45) is 5.92 Å². The molecule has 2 N–H and O–H groups in total. The summed E-state index contributed by atoms with van der Waals surface area (Å²) in [7, 11) is 0. The van der Waals surface area contributed by atoms with Crippen molar-refractivity contribution in [1.29, 1.82) is 0 Å². The van der Waals surface area contributed by atoms with Gasteiger partial charge in [-0.2, -0.15) is 0 Å². The highest BCUT2D eigenvalue weighted by atomic mass is 16.2. The summed E-state index contributed by atoms with van der Waals surface area (Å²) in [5.74, 6) is 0.893. The number of hydrogen-bond donors (Lipinski definition) is 2. The average molecular weight is 244 g/mol. The van der Waals surface area contributed by atoms with Gasteiger partial charge in [0.1, 0.15) is 0 Å². The van der Waals surface area contributed by atoms with Crippen LogP contribution in [0, 0.1) is 12.8 Å². The molecule has 3 unspecified atom stereocenters. The van der Waals surface area contributed by atoms with Crippen LogP contribution in [0.15, 0.2) is 24.3 Å². The van der Waals surface area contributed by atoms with Gasteiger partial charge < -0.3 is 10.6 Å². The number of benzene rings is 1. The summed E-state index contributed by atoms with van der Waals surface area (Å²) in [6.07, 6.45) is 2.07. The van der Waals surface area contributed by atoms with Crippen molar-refractivity contribution >= 4 is 5.91 Å². The molecule has 2 fully saturated rings. The van der Waals surface area contributed by atoms with E-state index in [4.69, 9.17) is 0 Å². The van der Waals surface area contributed by atoms with Crippen LogP contribution in [-0.2, 0) is 4.79 Å². The van der Waals surface area contributed by atoms with Crippen molar-refractivity contribution in [1.82, 2.24) is 10.6 Å². The lowest BCUT2D eigenvalue weighted by molar-refractivity contribution is -0.123. The number of carbonyl (C=O) groups excluding carboxylic acids is 1. The van der Waals surface area contributed by atoms with Gasteiger partial charge in [-0.1, -0.05) is 24.3 Å². The normalized spacial score (nSPS) is 30.2. The van der Waals surface area contributed by atoms with Crippen LogP contribution in [0.2, 0.25) is 0 Å². The predicted octanol–water partition coefficient (Wildman–Crippen LogP) is 1.58. The highest BCUT2D eigenvalue weighted by molar-refractivity contribution is 5.83. The minimum atomic E-state index is 0.201. The van der Waals surface area contributed by atoms with Crippen LogP contribution in [0.4, 0.5) is 0 Å². The van der Waals surface area contributed by atoms with Gasteiger partial charge in [-0.15, -0.1) is 0 Å². The highest BCUT2D eigenvalue weighted by Gasteiger charge is 2.44. The van der Waals surface area contributed by atoms with Gasteiger partial charge in [-0.25, -0.2) is 0 Å². The fraction of sp³-hybridized carbons (Fsp3) is 0.533. The Balaban J connectivity index is 1.60. The Morgan fingerprint density at radius 3 is 2.94 bits per heavy atom. The lowest BCUT2D eigenvalue weighted by atomic mass is 10.0. The molecular formula is C15H20N2O. The van der Waals surface area contributed by atoms with E-state index < -0.39 is 0 Å². The van der Waals surface area contributed by atoms with Crippen LogP contribution >= 0.6 is 0 Å². The first-order valence-electron chi connectivity index (χ1n) is 6.82. The Bertz CT molecular complexity index is 452. The molecule has 3 rings (SSSR count). The summed E-state index contributed by atoms with van der Waals surface area (Å²) < 4.78 is 0. The molecule has 1 saturated carbocycles. The first-order valence-corrected chi connectivity index (χ1v) is 6.82. The van der Waals surface area contributed by atoms with E-state index in [1.165, 1.54) is 11.1 Å². The maximum atomic E-state index is 12.1. The largest absolute Gasteiger partial charge is 0.352 e. The molecule has 3 atom stereocenters. The number of carbonyl (C=O) groups is 1. The van der Waals surface area contributed by atoms with Gasteiger partial charge in [-0.05, 0) is 43.4 Å². The third-order valence-corrected chi connectivity index (χ3v) is 4.12. The summed E-state index contributed by atoms with van der Waals surface area (Å²) in [5.41, 5.74) is 2.66. The van der Waals surface area contributed by atoms with E-state index in [-0.39, 0.29) is 11.8 Å². The molecule has 0 spiro atoms. The molecule has 96 valence electrons. The Kier molecular flexibility index (Phi) is 3.08. The van der Waals surface area contributed by atoms with Crippen molar-refractivity contribution in [2.75, 3.05) is 13.1 Å². The molecule has 0 bridgehead atoms. The van der Waals surface area contributed by atoms with Crippen LogP contribution < -0.4 is 10.6 Å². The first-order chi connectivity index (χ1) is 8.75. The van der Waals surface area contributed by atoms with Gasteiger partial charge in [-0.3, -0.25) is 4.79 Å². The van der Waals surface area contributed by atoms with Crippen LogP contribution in [0.5, 0.6) is 0 Å². The molecule has 0 aromatic heterocycles. The first kappa shape index (κ1) is 11.7.